The molecule has 2 aliphatic rings. The Bertz CT molecular complexity index is 941. The highest BCUT2D eigenvalue weighted by Crippen LogP contribution is 2.40. The Labute approximate surface area is 169 Å². The van der Waals surface area contributed by atoms with Crippen LogP contribution < -0.4 is 4.74 Å². The Morgan fingerprint density at radius 2 is 1.86 bits per heavy atom. The molecule has 0 atom stereocenters. The molecule has 2 heterocycles. The van der Waals surface area contributed by atoms with Gasteiger partial charge in [-0.3, -0.25) is 9.59 Å². The number of piperidine rings is 1. The number of hydrogen-bond acceptors (Lipinski definition) is 3. The van der Waals surface area contributed by atoms with Crippen LogP contribution in [0, 0.1) is 6.92 Å². The van der Waals surface area contributed by atoms with Crippen LogP contribution in [0.4, 0.5) is 0 Å². The highest BCUT2D eigenvalue weighted by atomic mass is 35.5. The van der Waals surface area contributed by atoms with Gasteiger partial charge in [0, 0.05) is 37.0 Å². The van der Waals surface area contributed by atoms with E-state index < -0.39 is 5.60 Å². The second-order valence-electron chi connectivity index (χ2n) is 7.59. The number of Topliss-reactive ketones (excluding diaryl/α,β-unsaturated/α-hetero) is 1. The van der Waals surface area contributed by atoms with Crippen molar-refractivity contribution in [2.75, 3.05) is 13.1 Å². The lowest BCUT2D eigenvalue weighted by Crippen LogP contribution is -2.52. The predicted molar refractivity (Wildman–Crippen MR) is 110 cm³/mol. The molecular formula is C23H22ClNO3. The number of rotatable bonds is 2. The van der Waals surface area contributed by atoms with Gasteiger partial charge in [0.2, 0.25) is 5.91 Å². The third kappa shape index (κ3) is 3.83. The molecule has 1 spiro atoms. The van der Waals surface area contributed by atoms with Gasteiger partial charge in [0.15, 0.2) is 5.78 Å². The molecule has 5 heteroatoms. The first-order valence-corrected chi connectivity index (χ1v) is 9.87. The maximum absolute atomic E-state index is 12.6. The van der Waals surface area contributed by atoms with E-state index in [0.717, 1.165) is 5.56 Å². The predicted octanol–water partition coefficient (Wildman–Crippen LogP) is 4.69. The van der Waals surface area contributed by atoms with E-state index in [4.69, 9.17) is 16.3 Å². The van der Waals surface area contributed by atoms with Crippen LogP contribution in [0.15, 0.2) is 48.5 Å². The van der Waals surface area contributed by atoms with Gasteiger partial charge >= 0.3 is 0 Å². The average molecular weight is 396 g/mol. The summed E-state index contributed by atoms with van der Waals surface area (Å²) in [5, 5.41) is 0.535. The van der Waals surface area contributed by atoms with Crippen molar-refractivity contribution in [2.45, 2.75) is 31.8 Å². The summed E-state index contributed by atoms with van der Waals surface area (Å²) in [6.07, 6.45) is 5.08. The number of carbonyl (C=O) groups excluding carboxylic acids is 2. The Hall–Kier alpha value is -2.59. The summed E-state index contributed by atoms with van der Waals surface area (Å²) < 4.78 is 6.22. The molecule has 1 amide bonds. The van der Waals surface area contributed by atoms with Crippen LogP contribution in [0.3, 0.4) is 0 Å². The van der Waals surface area contributed by atoms with Crippen molar-refractivity contribution < 1.29 is 14.3 Å². The van der Waals surface area contributed by atoms with Crippen molar-refractivity contribution in [1.82, 2.24) is 4.90 Å². The fourth-order valence-corrected chi connectivity index (χ4v) is 4.00. The normalized spacial score (nSPS) is 18.2. The molecule has 1 saturated heterocycles. The summed E-state index contributed by atoms with van der Waals surface area (Å²) in [5.74, 6) is 0.646. The van der Waals surface area contributed by atoms with Gasteiger partial charge in [-0.2, -0.15) is 0 Å². The van der Waals surface area contributed by atoms with E-state index in [-0.39, 0.29) is 11.7 Å². The summed E-state index contributed by atoms with van der Waals surface area (Å²) in [4.78, 5) is 26.9. The van der Waals surface area contributed by atoms with Crippen LogP contribution in [0.25, 0.3) is 6.08 Å². The van der Waals surface area contributed by atoms with Crippen molar-refractivity contribution in [2.24, 2.45) is 0 Å². The molecule has 2 aromatic rings. The molecule has 0 unspecified atom stereocenters. The number of halogens is 1. The average Bonchev–Trinajstić information content (AvgIpc) is 2.69. The lowest BCUT2D eigenvalue weighted by atomic mass is 9.82. The standard InChI is InChI=1S/C23H22ClNO3/c1-16-2-4-17(5-3-16)6-9-22(27)25-12-10-23(11-13-25)15-20(26)19-14-18(24)7-8-21(19)28-23/h2-9,14H,10-13,15H2,1H3/b9-6+. The summed E-state index contributed by atoms with van der Waals surface area (Å²) in [7, 11) is 0. The van der Waals surface area contributed by atoms with Crippen molar-refractivity contribution in [3.8, 4) is 5.75 Å². The molecule has 0 saturated carbocycles. The van der Waals surface area contributed by atoms with E-state index in [1.54, 1.807) is 24.3 Å². The minimum Gasteiger partial charge on any atom is -0.486 e. The van der Waals surface area contributed by atoms with Crippen LogP contribution in [0.2, 0.25) is 5.02 Å². The quantitative estimate of drug-likeness (QED) is 0.693. The second-order valence-corrected chi connectivity index (χ2v) is 8.03. The summed E-state index contributed by atoms with van der Waals surface area (Å²) in [6.45, 7) is 3.19. The first kappa shape index (κ1) is 18.8. The van der Waals surface area contributed by atoms with E-state index in [1.807, 2.05) is 42.2 Å². The highest BCUT2D eigenvalue weighted by Gasteiger charge is 2.43. The number of benzene rings is 2. The Balaban J connectivity index is 1.40. The van der Waals surface area contributed by atoms with Crippen molar-refractivity contribution >= 4 is 29.4 Å². The van der Waals surface area contributed by atoms with E-state index in [0.29, 0.717) is 48.7 Å². The smallest absolute Gasteiger partial charge is 0.246 e. The van der Waals surface area contributed by atoms with Crippen molar-refractivity contribution in [3.63, 3.8) is 0 Å². The molecule has 2 aliphatic heterocycles. The van der Waals surface area contributed by atoms with Gasteiger partial charge in [-0.05, 0) is 36.8 Å². The van der Waals surface area contributed by atoms with Gasteiger partial charge in [-0.1, -0.05) is 41.4 Å². The second kappa shape index (κ2) is 7.44. The third-order valence-electron chi connectivity index (χ3n) is 5.53. The zero-order valence-electron chi connectivity index (χ0n) is 15.8. The molecule has 4 rings (SSSR count). The molecular weight excluding hydrogens is 374 g/mol. The number of amides is 1. The van der Waals surface area contributed by atoms with Gasteiger partial charge in [-0.25, -0.2) is 0 Å². The highest BCUT2D eigenvalue weighted by molar-refractivity contribution is 6.31. The number of ether oxygens (including phenoxy) is 1. The number of likely N-dealkylation sites (tertiary alicyclic amines) is 1. The van der Waals surface area contributed by atoms with E-state index in [1.165, 1.54) is 5.56 Å². The SMILES string of the molecule is Cc1ccc(/C=C/C(=O)N2CCC3(CC2)CC(=O)c2cc(Cl)ccc2O3)cc1. The maximum Gasteiger partial charge on any atom is 0.246 e. The Morgan fingerprint density at radius 3 is 2.57 bits per heavy atom. The number of fused-ring (bicyclic) bond motifs is 1. The number of carbonyl (C=O) groups is 2. The Morgan fingerprint density at radius 1 is 1.14 bits per heavy atom. The first-order chi connectivity index (χ1) is 13.4. The van der Waals surface area contributed by atoms with Crippen molar-refractivity contribution in [3.05, 3.63) is 70.3 Å². The van der Waals surface area contributed by atoms with Gasteiger partial charge in [0.05, 0.1) is 12.0 Å². The molecule has 0 bridgehead atoms. The Kier molecular flexibility index (Phi) is 4.98. The van der Waals surface area contributed by atoms with Crippen LogP contribution in [0.1, 0.15) is 40.7 Å². The van der Waals surface area contributed by atoms with Gasteiger partial charge < -0.3 is 9.64 Å². The number of ketones is 1. The number of nitrogens with zero attached hydrogens (tertiary/aromatic N) is 1. The third-order valence-corrected chi connectivity index (χ3v) is 5.77. The molecule has 144 valence electrons. The topological polar surface area (TPSA) is 46.6 Å². The van der Waals surface area contributed by atoms with E-state index in [9.17, 15) is 9.59 Å². The summed E-state index contributed by atoms with van der Waals surface area (Å²) >= 11 is 6.00. The molecule has 4 nitrogen and oxygen atoms in total. The number of aryl methyl sites for hydroxylation is 1. The minimum absolute atomic E-state index is 0.00950. The summed E-state index contributed by atoms with van der Waals surface area (Å²) in [6, 6.07) is 13.2. The van der Waals surface area contributed by atoms with Crippen LogP contribution in [0.5, 0.6) is 5.75 Å². The molecule has 0 aromatic heterocycles. The van der Waals surface area contributed by atoms with Gasteiger partial charge in [0.25, 0.3) is 0 Å². The van der Waals surface area contributed by atoms with Crippen molar-refractivity contribution in [1.29, 1.82) is 0 Å². The van der Waals surface area contributed by atoms with Gasteiger partial charge in [-0.15, -0.1) is 0 Å². The van der Waals surface area contributed by atoms with E-state index in [2.05, 4.69) is 0 Å². The van der Waals surface area contributed by atoms with Gasteiger partial charge in [0.1, 0.15) is 11.4 Å². The molecule has 1 fully saturated rings. The molecule has 28 heavy (non-hydrogen) atoms. The molecule has 0 N–H and O–H groups in total. The lowest BCUT2D eigenvalue weighted by molar-refractivity contribution is -0.129. The fraction of sp³-hybridized carbons (Fsp3) is 0.304. The first-order valence-electron chi connectivity index (χ1n) is 9.50. The lowest BCUT2D eigenvalue weighted by Gasteiger charge is -2.43. The van der Waals surface area contributed by atoms with Crippen LogP contribution in [-0.4, -0.2) is 35.3 Å². The van der Waals surface area contributed by atoms with Crippen LogP contribution in [-0.2, 0) is 4.79 Å². The zero-order valence-corrected chi connectivity index (χ0v) is 16.5. The fourth-order valence-electron chi connectivity index (χ4n) is 3.83. The number of hydrogen-bond donors (Lipinski definition) is 0. The largest absolute Gasteiger partial charge is 0.486 e. The van der Waals surface area contributed by atoms with E-state index >= 15 is 0 Å². The maximum atomic E-state index is 12.6. The zero-order chi connectivity index (χ0) is 19.7. The van der Waals surface area contributed by atoms with Crippen LogP contribution >= 0.6 is 11.6 Å². The minimum atomic E-state index is -0.518. The molecule has 0 radical (unpaired) electrons. The molecule has 0 aliphatic carbocycles. The molecule has 2 aromatic carbocycles. The monoisotopic (exact) mass is 395 g/mol. The summed E-state index contributed by atoms with van der Waals surface area (Å²) in [5.41, 5.74) is 2.23.